The fraction of sp³-hybridized carbons (Fsp3) is 0.267. The van der Waals surface area contributed by atoms with Crippen molar-refractivity contribution in [2.45, 2.75) is 13.3 Å². The number of hydrogen-bond donors (Lipinski definition) is 1. The van der Waals surface area contributed by atoms with Crippen LogP contribution in [0.1, 0.15) is 12.1 Å². The number of aromatic nitrogens is 1. The van der Waals surface area contributed by atoms with Crippen molar-refractivity contribution in [1.82, 2.24) is 4.98 Å². The molecule has 4 heteroatoms. The van der Waals surface area contributed by atoms with Gasteiger partial charge in [0.15, 0.2) is 0 Å². The van der Waals surface area contributed by atoms with Gasteiger partial charge in [0.05, 0.1) is 23.7 Å². The van der Waals surface area contributed by atoms with Crippen LogP contribution in [0.3, 0.4) is 0 Å². The van der Waals surface area contributed by atoms with Crippen molar-refractivity contribution in [3.05, 3.63) is 42.1 Å². The Labute approximate surface area is 112 Å². The maximum absolute atomic E-state index is 5.84. The number of hydrogen-bond acceptors (Lipinski definition) is 4. The molecule has 3 rings (SSSR count). The van der Waals surface area contributed by atoms with Gasteiger partial charge in [0, 0.05) is 6.54 Å². The topological polar surface area (TPSA) is 51.4 Å². The molecule has 0 saturated heterocycles. The molecule has 0 atom stereocenters. The van der Waals surface area contributed by atoms with Crippen molar-refractivity contribution in [2.24, 2.45) is 0 Å². The summed E-state index contributed by atoms with van der Waals surface area (Å²) >= 11 is 0. The molecule has 0 amide bonds. The van der Waals surface area contributed by atoms with Gasteiger partial charge in [0.1, 0.15) is 11.6 Å². The highest BCUT2D eigenvalue weighted by atomic mass is 16.5. The highest BCUT2D eigenvalue weighted by molar-refractivity contribution is 5.68. The number of pyridine rings is 1. The first-order valence-electron chi connectivity index (χ1n) is 6.48. The SMILES string of the molecule is Cc1nc(N2CCCOc3ccccc32)ccc1N. The summed E-state index contributed by atoms with van der Waals surface area (Å²) in [7, 11) is 0. The molecule has 1 aliphatic heterocycles. The highest BCUT2D eigenvalue weighted by Crippen LogP contribution is 2.35. The number of nitrogens with zero attached hydrogens (tertiary/aromatic N) is 2. The second kappa shape index (κ2) is 4.80. The second-order valence-corrected chi connectivity index (χ2v) is 4.67. The average Bonchev–Trinajstić information content (AvgIpc) is 2.64. The summed E-state index contributed by atoms with van der Waals surface area (Å²) < 4.78 is 5.76. The first kappa shape index (κ1) is 11.8. The van der Waals surface area contributed by atoms with Crippen molar-refractivity contribution in [1.29, 1.82) is 0 Å². The predicted molar refractivity (Wildman–Crippen MR) is 76.9 cm³/mol. The summed E-state index contributed by atoms with van der Waals surface area (Å²) in [4.78, 5) is 6.77. The fourth-order valence-corrected chi connectivity index (χ4v) is 2.27. The molecule has 0 saturated carbocycles. The molecular weight excluding hydrogens is 238 g/mol. The third-order valence-electron chi connectivity index (χ3n) is 3.33. The van der Waals surface area contributed by atoms with E-state index in [9.17, 15) is 0 Å². The molecule has 2 heterocycles. The van der Waals surface area contributed by atoms with Crippen molar-refractivity contribution >= 4 is 17.2 Å². The van der Waals surface area contributed by atoms with Crippen molar-refractivity contribution in [3.63, 3.8) is 0 Å². The van der Waals surface area contributed by atoms with Crippen molar-refractivity contribution in [3.8, 4) is 5.75 Å². The van der Waals surface area contributed by atoms with E-state index in [1.165, 1.54) is 0 Å². The Morgan fingerprint density at radius 1 is 1.21 bits per heavy atom. The number of nitrogen functional groups attached to an aromatic ring is 1. The van der Waals surface area contributed by atoms with Crippen LogP contribution in [0.15, 0.2) is 36.4 Å². The Balaban J connectivity index is 2.06. The van der Waals surface area contributed by atoms with Crippen molar-refractivity contribution < 1.29 is 4.74 Å². The Kier molecular flexibility index (Phi) is 2.99. The van der Waals surface area contributed by atoms with E-state index < -0.39 is 0 Å². The van der Waals surface area contributed by atoms with E-state index in [1.54, 1.807) is 0 Å². The van der Waals surface area contributed by atoms with Crippen LogP contribution in [-0.2, 0) is 0 Å². The van der Waals surface area contributed by atoms with Gasteiger partial charge in [-0.2, -0.15) is 0 Å². The molecule has 4 nitrogen and oxygen atoms in total. The summed E-state index contributed by atoms with van der Waals surface area (Å²) in [5.74, 6) is 1.83. The second-order valence-electron chi connectivity index (χ2n) is 4.67. The number of rotatable bonds is 1. The van der Waals surface area contributed by atoms with Crippen LogP contribution in [0.5, 0.6) is 5.75 Å². The van der Waals surface area contributed by atoms with Crippen molar-refractivity contribution in [2.75, 3.05) is 23.8 Å². The Hall–Kier alpha value is -2.23. The normalized spacial score (nSPS) is 14.5. The van der Waals surface area contributed by atoms with E-state index in [0.717, 1.165) is 48.2 Å². The molecule has 2 N–H and O–H groups in total. The fourth-order valence-electron chi connectivity index (χ4n) is 2.27. The Morgan fingerprint density at radius 2 is 2.05 bits per heavy atom. The standard InChI is InChI=1S/C15H17N3O/c1-11-12(16)7-8-15(17-11)18-9-4-10-19-14-6-3-2-5-13(14)18/h2-3,5-8H,4,9-10,16H2,1H3. The number of anilines is 3. The van der Waals surface area contributed by atoms with E-state index in [4.69, 9.17) is 10.5 Å². The number of benzene rings is 1. The van der Waals surface area contributed by atoms with Gasteiger partial charge < -0.3 is 15.4 Å². The van der Waals surface area contributed by atoms with Gasteiger partial charge in [0.25, 0.3) is 0 Å². The molecule has 0 fully saturated rings. The zero-order chi connectivity index (χ0) is 13.2. The van der Waals surface area contributed by atoms with Crippen LogP contribution in [-0.4, -0.2) is 18.1 Å². The lowest BCUT2D eigenvalue weighted by Gasteiger charge is -2.23. The summed E-state index contributed by atoms with van der Waals surface area (Å²) in [5.41, 5.74) is 8.49. The van der Waals surface area contributed by atoms with Crippen LogP contribution in [0.25, 0.3) is 0 Å². The minimum absolute atomic E-state index is 0.725. The highest BCUT2D eigenvalue weighted by Gasteiger charge is 2.18. The number of para-hydroxylation sites is 2. The van der Waals surface area contributed by atoms with E-state index in [1.807, 2.05) is 37.3 Å². The summed E-state index contributed by atoms with van der Waals surface area (Å²) in [5, 5.41) is 0. The minimum Gasteiger partial charge on any atom is -0.491 e. The molecule has 2 aromatic rings. The lowest BCUT2D eigenvalue weighted by Crippen LogP contribution is -2.19. The van der Waals surface area contributed by atoms with E-state index in [-0.39, 0.29) is 0 Å². The number of aryl methyl sites for hydroxylation is 1. The molecule has 19 heavy (non-hydrogen) atoms. The molecule has 0 bridgehead atoms. The summed E-state index contributed by atoms with van der Waals surface area (Å²) in [6.45, 7) is 3.56. The van der Waals surface area contributed by atoms with E-state index in [0.29, 0.717) is 0 Å². The molecule has 0 spiro atoms. The van der Waals surface area contributed by atoms with E-state index in [2.05, 4.69) is 16.0 Å². The maximum Gasteiger partial charge on any atom is 0.142 e. The van der Waals surface area contributed by atoms with E-state index >= 15 is 0 Å². The molecule has 0 radical (unpaired) electrons. The van der Waals surface area contributed by atoms with Gasteiger partial charge in [-0.3, -0.25) is 0 Å². The lowest BCUT2D eigenvalue weighted by molar-refractivity contribution is 0.322. The van der Waals surface area contributed by atoms with Crippen LogP contribution in [0.4, 0.5) is 17.2 Å². The quantitative estimate of drug-likeness (QED) is 0.851. The third kappa shape index (κ3) is 2.21. The van der Waals surface area contributed by atoms with Gasteiger partial charge in [0.2, 0.25) is 0 Å². The molecule has 0 unspecified atom stereocenters. The smallest absolute Gasteiger partial charge is 0.142 e. The van der Waals surface area contributed by atoms with Gasteiger partial charge >= 0.3 is 0 Å². The molecule has 1 aromatic heterocycles. The Morgan fingerprint density at radius 3 is 2.89 bits per heavy atom. The minimum atomic E-state index is 0.725. The van der Waals surface area contributed by atoms with Gasteiger partial charge in [-0.25, -0.2) is 4.98 Å². The average molecular weight is 255 g/mol. The Bertz CT molecular complexity index is 598. The third-order valence-corrected chi connectivity index (χ3v) is 3.33. The summed E-state index contributed by atoms with van der Waals surface area (Å²) in [6.07, 6.45) is 0.972. The number of nitrogens with two attached hydrogens (primary N) is 1. The maximum atomic E-state index is 5.84. The number of ether oxygens (including phenoxy) is 1. The van der Waals surface area contributed by atoms with Crippen LogP contribution < -0.4 is 15.4 Å². The summed E-state index contributed by atoms with van der Waals surface area (Å²) in [6, 6.07) is 11.9. The van der Waals surface area contributed by atoms with Crippen LogP contribution in [0.2, 0.25) is 0 Å². The molecule has 0 aliphatic carbocycles. The largest absolute Gasteiger partial charge is 0.491 e. The zero-order valence-corrected chi connectivity index (χ0v) is 11.0. The monoisotopic (exact) mass is 255 g/mol. The number of fused-ring (bicyclic) bond motifs is 1. The molecule has 1 aliphatic rings. The first-order valence-corrected chi connectivity index (χ1v) is 6.48. The van der Waals surface area contributed by atoms with Crippen LogP contribution in [0, 0.1) is 6.92 Å². The first-order chi connectivity index (χ1) is 9.25. The predicted octanol–water partition coefficient (Wildman–Crippen LogP) is 2.89. The zero-order valence-electron chi connectivity index (χ0n) is 11.0. The molecule has 98 valence electrons. The molecule has 1 aromatic carbocycles. The van der Waals surface area contributed by atoms with Gasteiger partial charge in [-0.1, -0.05) is 12.1 Å². The van der Waals surface area contributed by atoms with Gasteiger partial charge in [-0.15, -0.1) is 0 Å². The van der Waals surface area contributed by atoms with Gasteiger partial charge in [-0.05, 0) is 37.6 Å². The molecular formula is C15H17N3O. The van der Waals surface area contributed by atoms with Crippen LogP contribution >= 0.6 is 0 Å². The lowest BCUT2D eigenvalue weighted by atomic mass is 10.2.